The molecule has 2 saturated heterocycles. The third-order valence-electron chi connectivity index (χ3n) is 9.41. The van der Waals surface area contributed by atoms with Gasteiger partial charge in [-0.15, -0.1) is 0 Å². The van der Waals surface area contributed by atoms with Crippen LogP contribution in [0.1, 0.15) is 46.0 Å². The van der Waals surface area contributed by atoms with Crippen molar-refractivity contribution < 1.29 is 29.0 Å². The Bertz CT molecular complexity index is 1990. The number of nitrogens with zero attached hydrogens (tertiary/aromatic N) is 1. The first kappa shape index (κ1) is 30.5. The third-order valence-corrected chi connectivity index (χ3v) is 9.41. The fourth-order valence-electron chi connectivity index (χ4n) is 7.63. The Kier molecular flexibility index (Phi) is 7.58. The number of rotatable bonds is 5. The zero-order chi connectivity index (χ0) is 33.6. The number of anilines is 1. The number of benzene rings is 4. The van der Waals surface area contributed by atoms with Crippen molar-refractivity contribution in [2.75, 3.05) is 11.9 Å². The average Bonchev–Trinajstić information content (AvgIpc) is 3.56. The second-order valence-electron chi connectivity index (χ2n) is 12.0. The van der Waals surface area contributed by atoms with E-state index in [9.17, 15) is 24.3 Å². The summed E-state index contributed by atoms with van der Waals surface area (Å²) in [4.78, 5) is 55.8. The van der Waals surface area contributed by atoms with Gasteiger partial charge in [0.25, 0.3) is 0 Å². The molecule has 2 fully saturated rings. The molecule has 4 amide bonds. The number of ether oxygens (including phenoxy) is 1. The SMILES string of the molecule is NC(=O)NCC#Cc1ccc2c(c1)[C@]1(C(=O)N2)[C@H](C(N)=O)[C@H]2C(=O)O[C@H](c3ccccc3)[C@H](c3ccccc3)N2[C@@H]1c1ccc(O)cc1. The highest BCUT2D eigenvalue weighted by molar-refractivity contribution is 6.12. The largest absolute Gasteiger partial charge is 0.508 e. The van der Waals surface area contributed by atoms with Crippen LogP contribution in [0, 0.1) is 17.8 Å². The number of nitrogens with one attached hydrogen (secondary N) is 2. The van der Waals surface area contributed by atoms with Gasteiger partial charge in [-0.3, -0.25) is 19.3 Å². The van der Waals surface area contributed by atoms with Gasteiger partial charge < -0.3 is 31.9 Å². The molecule has 11 nitrogen and oxygen atoms in total. The first-order valence-corrected chi connectivity index (χ1v) is 15.4. The maximum absolute atomic E-state index is 14.7. The molecule has 7 rings (SSSR count). The first-order valence-electron chi connectivity index (χ1n) is 15.4. The number of fused-ring (bicyclic) bond motifs is 3. The van der Waals surface area contributed by atoms with Gasteiger partial charge in [0.1, 0.15) is 23.3 Å². The number of esters is 1. The summed E-state index contributed by atoms with van der Waals surface area (Å²) in [5.74, 6) is 2.41. The highest BCUT2D eigenvalue weighted by Crippen LogP contribution is 2.64. The lowest BCUT2D eigenvalue weighted by Crippen LogP contribution is -2.53. The minimum atomic E-state index is -1.72. The van der Waals surface area contributed by atoms with Crippen molar-refractivity contribution in [1.29, 1.82) is 0 Å². The summed E-state index contributed by atoms with van der Waals surface area (Å²) in [6.07, 6.45) is -0.806. The van der Waals surface area contributed by atoms with E-state index in [4.69, 9.17) is 16.2 Å². The van der Waals surface area contributed by atoms with Gasteiger partial charge in [0.15, 0.2) is 0 Å². The van der Waals surface area contributed by atoms with E-state index in [0.29, 0.717) is 22.4 Å². The Morgan fingerprint density at radius 3 is 2.19 bits per heavy atom. The molecule has 0 aromatic heterocycles. The zero-order valence-corrected chi connectivity index (χ0v) is 25.5. The highest BCUT2D eigenvalue weighted by atomic mass is 16.6. The summed E-state index contributed by atoms with van der Waals surface area (Å²) in [6.45, 7) is -0.00386. The zero-order valence-electron chi connectivity index (χ0n) is 25.5. The summed E-state index contributed by atoms with van der Waals surface area (Å²) >= 11 is 0. The molecule has 0 aliphatic carbocycles. The van der Waals surface area contributed by atoms with Crippen molar-refractivity contribution in [1.82, 2.24) is 10.2 Å². The molecule has 1 spiro atoms. The van der Waals surface area contributed by atoms with E-state index in [1.165, 1.54) is 12.1 Å². The van der Waals surface area contributed by atoms with Crippen molar-refractivity contribution >= 4 is 29.5 Å². The van der Waals surface area contributed by atoms with Gasteiger partial charge in [0.2, 0.25) is 11.8 Å². The van der Waals surface area contributed by atoms with Gasteiger partial charge in [0, 0.05) is 11.3 Å². The van der Waals surface area contributed by atoms with Crippen LogP contribution in [0.25, 0.3) is 0 Å². The molecule has 3 heterocycles. The number of urea groups is 1. The number of carbonyl (C=O) groups is 4. The molecule has 4 aromatic carbocycles. The standard InChI is InChI=1S/C37H31N5O6/c38-33(44)28-30-34(45)48-31(23-11-5-2-6-12-23)29(22-9-3-1-4-10-22)42(30)32(24-14-16-25(43)17-15-24)37(28)26-20-21(8-7-19-40-36(39)47)13-18-27(26)41-35(37)46/h1-6,9-18,20,28-32,43H,19H2,(H2,38,44)(H,41,46)(H3,39,40,47)/t28-,29-,30-,31+,32+,37-/m0/s1. The number of hydrogen-bond donors (Lipinski definition) is 5. The Morgan fingerprint density at radius 2 is 1.54 bits per heavy atom. The average molecular weight is 642 g/mol. The number of primary amides is 2. The number of carbonyl (C=O) groups excluding carboxylic acids is 4. The van der Waals surface area contributed by atoms with E-state index < -0.39 is 59.4 Å². The van der Waals surface area contributed by atoms with Gasteiger partial charge in [-0.05, 0) is 52.6 Å². The minimum absolute atomic E-state index is 0.00386. The van der Waals surface area contributed by atoms with Gasteiger partial charge in [0.05, 0.1) is 24.5 Å². The molecule has 48 heavy (non-hydrogen) atoms. The molecule has 4 aromatic rings. The number of phenolic OH excluding ortho intramolecular Hbond substituents is 1. The number of hydrogen-bond acceptors (Lipinski definition) is 7. The van der Waals surface area contributed by atoms with Crippen LogP contribution >= 0.6 is 0 Å². The smallest absolute Gasteiger partial charge is 0.324 e. The summed E-state index contributed by atoms with van der Waals surface area (Å²) < 4.78 is 6.24. The topological polar surface area (TPSA) is 177 Å². The molecule has 0 radical (unpaired) electrons. The number of amides is 4. The molecule has 7 N–H and O–H groups in total. The minimum Gasteiger partial charge on any atom is -0.508 e. The van der Waals surface area contributed by atoms with Gasteiger partial charge in [-0.25, -0.2) is 4.79 Å². The number of morpholine rings is 1. The Hall–Kier alpha value is -6.12. The predicted molar refractivity (Wildman–Crippen MR) is 175 cm³/mol. The molecular formula is C37H31N5O6. The maximum atomic E-state index is 14.7. The van der Waals surface area contributed by atoms with Gasteiger partial charge >= 0.3 is 12.0 Å². The summed E-state index contributed by atoms with van der Waals surface area (Å²) in [5.41, 5.74) is 13.2. The van der Waals surface area contributed by atoms with Crippen molar-refractivity contribution in [3.8, 4) is 17.6 Å². The first-order chi connectivity index (χ1) is 23.2. The number of nitrogens with two attached hydrogens (primary N) is 2. The third kappa shape index (κ3) is 4.82. The Labute approximate surface area is 275 Å². The van der Waals surface area contributed by atoms with Crippen LogP contribution in [0.4, 0.5) is 10.5 Å². The number of cyclic esters (lactones) is 1. The van der Waals surface area contributed by atoms with E-state index in [1.54, 1.807) is 30.3 Å². The van der Waals surface area contributed by atoms with E-state index in [0.717, 1.165) is 11.1 Å². The lowest BCUT2D eigenvalue weighted by atomic mass is 9.65. The van der Waals surface area contributed by atoms with Crippen LogP contribution < -0.4 is 22.1 Å². The fourth-order valence-corrected chi connectivity index (χ4v) is 7.63. The molecule has 0 unspecified atom stereocenters. The molecule has 0 saturated carbocycles. The van der Waals surface area contributed by atoms with E-state index >= 15 is 0 Å². The molecule has 0 bridgehead atoms. The lowest BCUT2D eigenvalue weighted by molar-refractivity contribution is -0.178. The second kappa shape index (κ2) is 11.9. The molecule has 3 aliphatic rings. The quantitative estimate of drug-likeness (QED) is 0.164. The summed E-state index contributed by atoms with van der Waals surface area (Å²) in [6, 6.07) is 26.7. The molecule has 240 valence electrons. The van der Waals surface area contributed by atoms with Crippen molar-refractivity contribution in [3.05, 3.63) is 131 Å². The molecule has 11 heteroatoms. The predicted octanol–water partition coefficient (Wildman–Crippen LogP) is 3.17. The highest BCUT2D eigenvalue weighted by Gasteiger charge is 2.73. The van der Waals surface area contributed by atoms with Gasteiger partial charge in [-0.1, -0.05) is 84.6 Å². The number of aromatic hydroxyl groups is 1. The monoisotopic (exact) mass is 641 g/mol. The van der Waals surface area contributed by atoms with Crippen LogP contribution in [0.5, 0.6) is 5.75 Å². The van der Waals surface area contributed by atoms with E-state index in [-0.39, 0.29) is 12.3 Å². The van der Waals surface area contributed by atoms with Crippen molar-refractivity contribution in [3.63, 3.8) is 0 Å². The van der Waals surface area contributed by atoms with Crippen molar-refractivity contribution in [2.24, 2.45) is 17.4 Å². The van der Waals surface area contributed by atoms with Gasteiger partial charge in [-0.2, -0.15) is 0 Å². The normalized spacial score (nSPS) is 25.6. The Morgan fingerprint density at radius 1 is 0.875 bits per heavy atom. The second-order valence-corrected chi connectivity index (χ2v) is 12.0. The van der Waals surface area contributed by atoms with Crippen LogP contribution in [-0.4, -0.2) is 46.4 Å². The molecular weight excluding hydrogens is 610 g/mol. The fraction of sp³-hybridized carbons (Fsp3) is 0.189. The molecule has 6 atom stereocenters. The van der Waals surface area contributed by atoms with Crippen molar-refractivity contribution in [2.45, 2.75) is 29.6 Å². The van der Waals surface area contributed by atoms with Crippen LogP contribution in [-0.2, 0) is 24.5 Å². The maximum Gasteiger partial charge on any atom is 0.324 e. The summed E-state index contributed by atoms with van der Waals surface area (Å²) in [7, 11) is 0. The van der Waals surface area contributed by atoms with E-state index in [1.807, 2.05) is 65.6 Å². The van der Waals surface area contributed by atoms with Crippen LogP contribution in [0.2, 0.25) is 0 Å². The molecule has 3 aliphatic heterocycles. The number of phenols is 1. The Balaban J connectivity index is 1.51. The summed E-state index contributed by atoms with van der Waals surface area (Å²) in [5, 5.41) is 15.7. The van der Waals surface area contributed by atoms with Crippen LogP contribution in [0.3, 0.4) is 0 Å². The van der Waals surface area contributed by atoms with E-state index in [2.05, 4.69) is 22.5 Å². The van der Waals surface area contributed by atoms with Crippen LogP contribution in [0.15, 0.2) is 103 Å². The lowest BCUT2D eigenvalue weighted by Gasteiger charge is -2.46.